The Morgan fingerprint density at radius 3 is 2.58 bits per heavy atom. The molecule has 1 aromatic rings. The Labute approximate surface area is 113 Å². The lowest BCUT2D eigenvalue weighted by Gasteiger charge is -2.17. The molecule has 1 aromatic carbocycles. The zero-order valence-corrected chi connectivity index (χ0v) is 10.9. The number of aromatic hydroxyl groups is 1. The second-order valence-electron chi connectivity index (χ2n) is 4.74. The number of amides is 1. The van der Waals surface area contributed by atoms with Crippen LogP contribution in [-0.2, 0) is 0 Å². The number of rotatable bonds is 6. The van der Waals surface area contributed by atoms with Gasteiger partial charge in [-0.15, -0.1) is 0 Å². The molecule has 0 saturated carbocycles. The lowest BCUT2D eigenvalue weighted by Crippen LogP contribution is -2.24. The lowest BCUT2D eigenvalue weighted by molar-refractivity contribution is 0.0846. The summed E-state index contributed by atoms with van der Waals surface area (Å²) in [7, 11) is 0. The third-order valence-corrected chi connectivity index (χ3v) is 3.43. The average Bonchev–Trinajstić information content (AvgIpc) is 2.64. The molecule has 1 aliphatic rings. The van der Waals surface area contributed by atoms with Gasteiger partial charge in [-0.25, -0.2) is 0 Å². The van der Waals surface area contributed by atoms with Crippen LogP contribution in [0.3, 0.4) is 0 Å². The van der Waals surface area contributed by atoms with E-state index in [1.807, 2.05) is 0 Å². The van der Waals surface area contributed by atoms with E-state index < -0.39 is 0 Å². The zero-order valence-electron chi connectivity index (χ0n) is 10.9. The molecule has 4 heteroatoms. The Kier molecular flexibility index (Phi) is 4.22. The van der Waals surface area contributed by atoms with Crippen LogP contribution in [-0.4, -0.2) is 34.2 Å². The Morgan fingerprint density at radius 2 is 1.89 bits per heavy atom. The third kappa shape index (κ3) is 2.63. The number of aliphatic hydroxyl groups excluding tert-OH is 1. The molecule has 0 atom stereocenters. The van der Waals surface area contributed by atoms with Gasteiger partial charge in [0, 0.05) is 24.4 Å². The van der Waals surface area contributed by atoms with Crippen LogP contribution >= 0.6 is 0 Å². The van der Waals surface area contributed by atoms with Gasteiger partial charge >= 0.3 is 0 Å². The molecule has 2 rings (SSSR count). The number of aliphatic hydroxyl groups is 1. The smallest absolute Gasteiger partial charge is 0.262 e. The van der Waals surface area contributed by atoms with Crippen molar-refractivity contribution in [2.24, 2.45) is 0 Å². The largest absolute Gasteiger partial charge is 0.507 e. The molecule has 0 bridgehead atoms. The van der Waals surface area contributed by atoms with Crippen LogP contribution in [0.2, 0.25) is 0 Å². The molecule has 19 heavy (non-hydrogen) atoms. The van der Waals surface area contributed by atoms with Gasteiger partial charge < -0.3 is 15.1 Å². The van der Waals surface area contributed by atoms with Crippen LogP contribution in [0.15, 0.2) is 24.8 Å². The predicted molar refractivity (Wildman–Crippen MR) is 73.7 cm³/mol. The van der Waals surface area contributed by atoms with Crippen LogP contribution in [0.25, 0.3) is 5.70 Å². The highest BCUT2D eigenvalue weighted by Crippen LogP contribution is 2.36. The minimum absolute atomic E-state index is 0.0198. The van der Waals surface area contributed by atoms with Crippen molar-refractivity contribution in [3.63, 3.8) is 0 Å². The number of unbranched alkanes of at least 4 members (excludes halogenated alkanes) is 3. The van der Waals surface area contributed by atoms with E-state index in [2.05, 4.69) is 6.58 Å². The summed E-state index contributed by atoms with van der Waals surface area (Å²) < 4.78 is 0. The summed E-state index contributed by atoms with van der Waals surface area (Å²) in [5.74, 6) is -0.147. The van der Waals surface area contributed by atoms with Crippen LogP contribution < -0.4 is 0 Å². The van der Waals surface area contributed by atoms with E-state index in [1.54, 1.807) is 17.0 Å². The molecule has 0 saturated heterocycles. The van der Waals surface area contributed by atoms with Crippen LogP contribution in [0.5, 0.6) is 5.75 Å². The fourth-order valence-electron chi connectivity index (χ4n) is 2.38. The van der Waals surface area contributed by atoms with Gasteiger partial charge in [-0.2, -0.15) is 0 Å². The first kappa shape index (κ1) is 13.6. The van der Waals surface area contributed by atoms with Crippen molar-refractivity contribution in [3.8, 4) is 5.75 Å². The highest BCUT2D eigenvalue weighted by Gasteiger charge is 2.32. The molecule has 0 radical (unpaired) electrons. The maximum Gasteiger partial charge on any atom is 0.262 e. The predicted octanol–water partition coefficient (Wildman–Crippen LogP) is 2.37. The van der Waals surface area contributed by atoms with E-state index >= 15 is 0 Å². The Morgan fingerprint density at radius 1 is 1.16 bits per heavy atom. The zero-order chi connectivity index (χ0) is 13.8. The number of fused-ring (bicyclic) bond motifs is 1. The molecule has 4 nitrogen and oxygen atoms in total. The molecule has 0 aromatic heterocycles. The van der Waals surface area contributed by atoms with Crippen LogP contribution in [0.1, 0.15) is 41.6 Å². The van der Waals surface area contributed by atoms with Crippen LogP contribution in [0.4, 0.5) is 0 Å². The highest BCUT2D eigenvalue weighted by atomic mass is 16.3. The molecule has 2 N–H and O–H groups in total. The van der Waals surface area contributed by atoms with E-state index in [1.165, 1.54) is 6.07 Å². The van der Waals surface area contributed by atoms with Crippen molar-refractivity contribution in [3.05, 3.63) is 35.9 Å². The van der Waals surface area contributed by atoms with E-state index in [-0.39, 0.29) is 18.3 Å². The second-order valence-corrected chi connectivity index (χ2v) is 4.74. The van der Waals surface area contributed by atoms with Crippen LogP contribution in [0, 0.1) is 0 Å². The summed E-state index contributed by atoms with van der Waals surface area (Å²) >= 11 is 0. The minimum atomic E-state index is -0.166. The van der Waals surface area contributed by atoms with Crippen molar-refractivity contribution >= 4 is 11.6 Å². The Hall–Kier alpha value is -1.81. The van der Waals surface area contributed by atoms with Gasteiger partial charge in [-0.3, -0.25) is 4.79 Å². The molecule has 1 heterocycles. The molecule has 0 unspecified atom stereocenters. The molecule has 102 valence electrons. The molecular formula is C15H19NO3. The summed E-state index contributed by atoms with van der Waals surface area (Å²) in [6, 6.07) is 5.05. The van der Waals surface area contributed by atoms with Gasteiger partial charge in [0.2, 0.25) is 0 Å². The lowest BCUT2D eigenvalue weighted by atomic mass is 10.1. The first-order valence-electron chi connectivity index (χ1n) is 6.60. The van der Waals surface area contributed by atoms with Gasteiger partial charge in [0.05, 0.1) is 5.56 Å². The first-order chi connectivity index (χ1) is 9.16. The number of nitrogens with zero attached hydrogens (tertiary/aromatic N) is 1. The maximum absolute atomic E-state index is 12.2. The van der Waals surface area contributed by atoms with Crippen molar-refractivity contribution < 1.29 is 15.0 Å². The molecule has 0 fully saturated rings. The Balaban J connectivity index is 2.00. The molecular weight excluding hydrogens is 242 g/mol. The van der Waals surface area contributed by atoms with Crippen molar-refractivity contribution in [1.82, 2.24) is 4.90 Å². The quantitative estimate of drug-likeness (QED) is 0.773. The van der Waals surface area contributed by atoms with Gasteiger partial charge in [-0.1, -0.05) is 31.6 Å². The SMILES string of the molecule is C=C1c2cccc(O)c2C(=O)N1CCCCCCO. The van der Waals surface area contributed by atoms with Gasteiger partial charge in [0.15, 0.2) is 0 Å². The number of benzene rings is 1. The summed E-state index contributed by atoms with van der Waals surface area (Å²) in [6.45, 7) is 4.76. The standard InChI is InChI=1S/C15H19NO3/c1-11-12-7-6-8-13(18)14(12)15(19)16(11)9-4-2-3-5-10-17/h6-8,17-18H,1-5,9-10H2. The molecule has 1 amide bonds. The maximum atomic E-state index is 12.2. The monoisotopic (exact) mass is 261 g/mol. The minimum Gasteiger partial charge on any atom is -0.507 e. The van der Waals surface area contributed by atoms with Gasteiger partial charge in [0.25, 0.3) is 5.91 Å². The topological polar surface area (TPSA) is 60.8 Å². The summed E-state index contributed by atoms with van der Waals surface area (Å²) in [6.07, 6.45) is 3.61. The number of hydrogen-bond donors (Lipinski definition) is 2. The Bertz CT molecular complexity index is 496. The number of carbonyl (C=O) groups is 1. The molecule has 1 aliphatic heterocycles. The first-order valence-corrected chi connectivity index (χ1v) is 6.60. The number of hydrogen-bond acceptors (Lipinski definition) is 3. The van der Waals surface area contributed by atoms with Crippen molar-refractivity contribution in [2.75, 3.05) is 13.2 Å². The molecule has 0 spiro atoms. The summed E-state index contributed by atoms with van der Waals surface area (Å²) in [5.41, 5.74) is 1.75. The molecule has 0 aliphatic carbocycles. The highest BCUT2D eigenvalue weighted by molar-refractivity contribution is 6.10. The van der Waals surface area contributed by atoms with E-state index in [0.717, 1.165) is 31.2 Å². The number of phenolic OH excluding ortho intramolecular Hbond substituents is 1. The van der Waals surface area contributed by atoms with Gasteiger partial charge in [-0.05, 0) is 18.9 Å². The van der Waals surface area contributed by atoms with E-state index in [9.17, 15) is 9.90 Å². The van der Waals surface area contributed by atoms with E-state index in [4.69, 9.17) is 5.11 Å². The summed E-state index contributed by atoms with van der Waals surface area (Å²) in [5, 5.41) is 18.5. The average molecular weight is 261 g/mol. The second kappa shape index (κ2) is 5.89. The summed E-state index contributed by atoms with van der Waals surface area (Å²) in [4.78, 5) is 13.8. The van der Waals surface area contributed by atoms with Gasteiger partial charge in [0.1, 0.15) is 5.75 Å². The van der Waals surface area contributed by atoms with Crippen molar-refractivity contribution in [2.45, 2.75) is 25.7 Å². The number of phenols is 1. The van der Waals surface area contributed by atoms with E-state index in [0.29, 0.717) is 17.8 Å². The third-order valence-electron chi connectivity index (χ3n) is 3.43. The normalized spacial score (nSPS) is 14.1. The number of carbonyl (C=O) groups excluding carboxylic acids is 1. The fraction of sp³-hybridized carbons (Fsp3) is 0.400. The fourth-order valence-corrected chi connectivity index (χ4v) is 2.38. The van der Waals surface area contributed by atoms with Crippen molar-refractivity contribution in [1.29, 1.82) is 0 Å².